The molecule has 7 heteroatoms. The highest BCUT2D eigenvalue weighted by Crippen LogP contribution is 2.20. The zero-order valence-electron chi connectivity index (χ0n) is 13.6. The summed E-state index contributed by atoms with van der Waals surface area (Å²) in [7, 11) is 3.50. The van der Waals surface area contributed by atoms with Gasteiger partial charge in [-0.05, 0) is 6.42 Å². The molecule has 0 unspecified atom stereocenters. The maximum absolute atomic E-state index is 12.0. The van der Waals surface area contributed by atoms with E-state index in [0.717, 1.165) is 18.8 Å². The van der Waals surface area contributed by atoms with Crippen LogP contribution in [0.3, 0.4) is 0 Å². The fourth-order valence-electron chi connectivity index (χ4n) is 1.80. The summed E-state index contributed by atoms with van der Waals surface area (Å²) in [5, 5.41) is 0. The molecule has 0 bridgehead atoms. The van der Waals surface area contributed by atoms with Crippen molar-refractivity contribution >= 4 is 17.5 Å². The lowest BCUT2D eigenvalue weighted by Gasteiger charge is -2.25. The monoisotopic (exact) mass is 294 g/mol. The van der Waals surface area contributed by atoms with Gasteiger partial charge in [-0.3, -0.25) is 4.79 Å². The molecule has 1 aromatic heterocycles. The van der Waals surface area contributed by atoms with Crippen LogP contribution in [-0.4, -0.2) is 48.0 Å². The van der Waals surface area contributed by atoms with E-state index in [-0.39, 0.29) is 11.8 Å². The van der Waals surface area contributed by atoms with Crippen molar-refractivity contribution in [3.05, 3.63) is 11.9 Å². The molecule has 118 valence electrons. The van der Waals surface area contributed by atoms with Gasteiger partial charge in [0.15, 0.2) is 0 Å². The first-order valence-electron chi connectivity index (χ1n) is 7.19. The minimum Gasteiger partial charge on any atom is -0.347 e. The van der Waals surface area contributed by atoms with Crippen LogP contribution in [-0.2, 0) is 4.79 Å². The Morgan fingerprint density at radius 3 is 2.52 bits per heavy atom. The van der Waals surface area contributed by atoms with E-state index in [1.807, 2.05) is 18.7 Å². The summed E-state index contributed by atoms with van der Waals surface area (Å²) in [6.07, 6.45) is 0.924. The molecule has 1 amide bonds. The Bertz CT molecular complexity index is 475. The van der Waals surface area contributed by atoms with Crippen molar-refractivity contribution in [1.29, 1.82) is 0 Å². The lowest BCUT2D eigenvalue weighted by Crippen LogP contribution is -2.37. The lowest BCUT2D eigenvalue weighted by molar-refractivity contribution is -0.127. The van der Waals surface area contributed by atoms with Crippen molar-refractivity contribution in [2.24, 2.45) is 5.84 Å². The highest BCUT2D eigenvalue weighted by atomic mass is 16.2. The SMILES string of the molecule is CCCN(CC(=O)N(C)C)c1cc(NN)nc(C(C)C)n1. The number of aromatic nitrogens is 2. The van der Waals surface area contributed by atoms with Crippen molar-refractivity contribution in [2.45, 2.75) is 33.1 Å². The van der Waals surface area contributed by atoms with E-state index < -0.39 is 0 Å². The number of nitrogens with zero attached hydrogens (tertiary/aromatic N) is 4. The maximum atomic E-state index is 12.0. The Kier molecular flexibility index (Phi) is 6.36. The van der Waals surface area contributed by atoms with Crippen LogP contribution in [0.1, 0.15) is 38.9 Å². The third-order valence-corrected chi connectivity index (χ3v) is 3.04. The number of nitrogens with one attached hydrogen (secondary N) is 1. The zero-order valence-corrected chi connectivity index (χ0v) is 13.6. The molecule has 0 aromatic carbocycles. The minimum absolute atomic E-state index is 0.0374. The number of carbonyl (C=O) groups is 1. The Balaban J connectivity index is 3.11. The third-order valence-electron chi connectivity index (χ3n) is 3.04. The van der Waals surface area contributed by atoms with Crippen molar-refractivity contribution in [3.8, 4) is 0 Å². The van der Waals surface area contributed by atoms with Gasteiger partial charge in [0, 0.05) is 32.6 Å². The molecule has 0 spiro atoms. The Hall–Kier alpha value is -1.89. The van der Waals surface area contributed by atoms with Crippen LogP contribution < -0.4 is 16.2 Å². The third kappa shape index (κ3) is 4.86. The first-order chi connectivity index (χ1) is 9.88. The molecule has 0 saturated heterocycles. The average molecular weight is 294 g/mol. The first kappa shape index (κ1) is 17.2. The highest BCUT2D eigenvalue weighted by molar-refractivity contribution is 5.80. The van der Waals surface area contributed by atoms with Crippen LogP contribution in [0.25, 0.3) is 0 Å². The lowest BCUT2D eigenvalue weighted by atomic mass is 10.2. The molecule has 0 fully saturated rings. The zero-order chi connectivity index (χ0) is 16.0. The fraction of sp³-hybridized carbons (Fsp3) is 0.643. The molecule has 1 rings (SSSR count). The number of nitrogen functional groups attached to an aromatic ring is 1. The first-order valence-corrected chi connectivity index (χ1v) is 7.19. The van der Waals surface area contributed by atoms with Crippen LogP contribution in [0, 0.1) is 0 Å². The predicted molar refractivity (Wildman–Crippen MR) is 85.1 cm³/mol. The van der Waals surface area contributed by atoms with Gasteiger partial charge in [0.1, 0.15) is 17.5 Å². The normalized spacial score (nSPS) is 10.6. The number of nitrogens with two attached hydrogens (primary N) is 1. The van der Waals surface area contributed by atoms with Crippen LogP contribution >= 0.6 is 0 Å². The Morgan fingerprint density at radius 1 is 1.38 bits per heavy atom. The summed E-state index contributed by atoms with van der Waals surface area (Å²) in [4.78, 5) is 24.4. The van der Waals surface area contributed by atoms with Gasteiger partial charge in [-0.1, -0.05) is 20.8 Å². The molecule has 0 saturated carbocycles. The number of hydrogen-bond donors (Lipinski definition) is 2. The topological polar surface area (TPSA) is 87.4 Å². The van der Waals surface area contributed by atoms with Crippen LogP contribution in [0.4, 0.5) is 11.6 Å². The van der Waals surface area contributed by atoms with E-state index in [4.69, 9.17) is 5.84 Å². The van der Waals surface area contributed by atoms with Gasteiger partial charge in [0.05, 0.1) is 6.54 Å². The molecule has 0 aliphatic carbocycles. The molecule has 3 N–H and O–H groups in total. The van der Waals surface area contributed by atoms with Crippen molar-refractivity contribution < 1.29 is 4.79 Å². The number of amides is 1. The number of hydrogen-bond acceptors (Lipinski definition) is 6. The molecule has 1 aromatic rings. The highest BCUT2D eigenvalue weighted by Gasteiger charge is 2.16. The fourth-order valence-corrected chi connectivity index (χ4v) is 1.80. The Labute approximate surface area is 126 Å². The molecule has 0 aliphatic heterocycles. The standard InChI is InChI=1S/C14H26N6O/c1-6-7-20(9-13(21)19(4)5)12-8-11(18-15)16-14(17-12)10(2)3/h8,10H,6-7,9,15H2,1-5H3,(H,16,17,18). The number of likely N-dealkylation sites (N-methyl/N-ethyl adjacent to an activating group) is 1. The van der Waals surface area contributed by atoms with Gasteiger partial charge in [-0.2, -0.15) is 0 Å². The van der Waals surface area contributed by atoms with E-state index in [9.17, 15) is 4.79 Å². The van der Waals surface area contributed by atoms with Gasteiger partial charge in [-0.15, -0.1) is 0 Å². The van der Waals surface area contributed by atoms with Gasteiger partial charge >= 0.3 is 0 Å². The van der Waals surface area contributed by atoms with Crippen molar-refractivity contribution in [1.82, 2.24) is 14.9 Å². The molecule has 1 heterocycles. The summed E-state index contributed by atoms with van der Waals surface area (Å²) < 4.78 is 0. The molecule has 0 radical (unpaired) electrons. The van der Waals surface area contributed by atoms with Crippen molar-refractivity contribution in [2.75, 3.05) is 37.5 Å². The predicted octanol–water partition coefficient (Wildman–Crippen LogP) is 1.19. The molecule has 7 nitrogen and oxygen atoms in total. The summed E-state index contributed by atoms with van der Waals surface area (Å²) in [6.45, 7) is 7.15. The summed E-state index contributed by atoms with van der Waals surface area (Å²) in [6, 6.07) is 1.77. The quantitative estimate of drug-likeness (QED) is 0.580. The van der Waals surface area contributed by atoms with Crippen LogP contribution in [0.2, 0.25) is 0 Å². The van der Waals surface area contributed by atoms with Gasteiger partial charge in [0.25, 0.3) is 0 Å². The van der Waals surface area contributed by atoms with E-state index in [1.165, 1.54) is 0 Å². The number of hydrazine groups is 1. The molecule has 0 atom stereocenters. The van der Waals surface area contributed by atoms with Crippen LogP contribution in [0.15, 0.2) is 6.07 Å². The second-order valence-corrected chi connectivity index (χ2v) is 5.48. The molecule has 21 heavy (non-hydrogen) atoms. The van der Waals surface area contributed by atoms with Gasteiger partial charge < -0.3 is 15.2 Å². The van der Waals surface area contributed by atoms with Crippen LogP contribution in [0.5, 0.6) is 0 Å². The van der Waals surface area contributed by atoms with E-state index in [1.54, 1.807) is 25.1 Å². The molecular weight excluding hydrogens is 268 g/mol. The van der Waals surface area contributed by atoms with Gasteiger partial charge in [0.2, 0.25) is 5.91 Å². The minimum atomic E-state index is 0.0374. The summed E-state index contributed by atoms with van der Waals surface area (Å²) >= 11 is 0. The number of rotatable bonds is 7. The molecule has 0 aliphatic rings. The summed E-state index contributed by atoms with van der Waals surface area (Å²) in [5.41, 5.74) is 2.56. The van der Waals surface area contributed by atoms with E-state index in [2.05, 4.69) is 22.3 Å². The van der Waals surface area contributed by atoms with Crippen molar-refractivity contribution in [3.63, 3.8) is 0 Å². The second kappa shape index (κ2) is 7.78. The smallest absolute Gasteiger partial charge is 0.241 e. The average Bonchev–Trinajstić information content (AvgIpc) is 2.45. The second-order valence-electron chi connectivity index (χ2n) is 5.48. The number of anilines is 2. The van der Waals surface area contributed by atoms with Gasteiger partial charge in [-0.25, -0.2) is 15.8 Å². The Morgan fingerprint density at radius 2 is 2.05 bits per heavy atom. The van der Waals surface area contributed by atoms with E-state index in [0.29, 0.717) is 18.2 Å². The number of carbonyl (C=O) groups excluding carboxylic acids is 1. The summed E-state index contributed by atoms with van der Waals surface area (Å²) in [5.74, 6) is 7.69. The van der Waals surface area contributed by atoms with E-state index >= 15 is 0 Å². The maximum Gasteiger partial charge on any atom is 0.241 e. The molecular formula is C14H26N6O. The largest absolute Gasteiger partial charge is 0.347 e.